The topological polar surface area (TPSA) is 37.8 Å². The quantitative estimate of drug-likeness (QED) is 0.332. The predicted molar refractivity (Wildman–Crippen MR) is 133 cm³/mol. The van der Waals surface area contributed by atoms with Crippen molar-refractivity contribution in [2.24, 2.45) is 0 Å². The fourth-order valence-corrected chi connectivity index (χ4v) is 4.95. The fraction of sp³-hybridized carbons (Fsp3) is 0.321. The van der Waals surface area contributed by atoms with Crippen molar-refractivity contribution in [2.75, 3.05) is 13.6 Å². The van der Waals surface area contributed by atoms with Crippen molar-refractivity contribution < 1.29 is 0 Å². The summed E-state index contributed by atoms with van der Waals surface area (Å²) in [5.74, 6) is 0. The van der Waals surface area contributed by atoms with Gasteiger partial charge < -0.3 is 4.90 Å². The number of fused-ring (bicyclic) bond motifs is 1. The highest BCUT2D eigenvalue weighted by Crippen LogP contribution is 2.34. The summed E-state index contributed by atoms with van der Waals surface area (Å²) in [4.78, 5) is 15.9. The lowest BCUT2D eigenvalue weighted by atomic mass is 10.0. The molecule has 1 aliphatic heterocycles. The Kier molecular flexibility index (Phi) is 5.93. The maximum absolute atomic E-state index is 7.29. The summed E-state index contributed by atoms with van der Waals surface area (Å²) in [7, 11) is 2.24. The van der Waals surface area contributed by atoms with Crippen LogP contribution in [0.15, 0.2) is 60.9 Å². The lowest BCUT2D eigenvalue weighted by Gasteiger charge is -2.19. The third kappa shape index (κ3) is 4.27. The van der Waals surface area contributed by atoms with Crippen LogP contribution in [0.4, 0.5) is 5.69 Å². The van der Waals surface area contributed by atoms with E-state index in [1.165, 1.54) is 31.4 Å². The molecular formula is C28H29N5. The Hall–Kier alpha value is -3.49. The summed E-state index contributed by atoms with van der Waals surface area (Å²) in [5.41, 5.74) is 7.95. The van der Waals surface area contributed by atoms with Crippen LogP contribution in [-0.2, 0) is 6.42 Å². The zero-order chi connectivity index (χ0) is 22.8. The van der Waals surface area contributed by atoms with Gasteiger partial charge in [0, 0.05) is 24.0 Å². The van der Waals surface area contributed by atoms with Crippen LogP contribution in [0, 0.1) is 13.5 Å². The molecule has 2 aromatic carbocycles. The third-order valence-electron chi connectivity index (χ3n) is 6.83. The first-order valence-electron chi connectivity index (χ1n) is 11.7. The molecule has 5 rings (SSSR count). The van der Waals surface area contributed by atoms with E-state index in [1.54, 1.807) is 0 Å². The Balaban J connectivity index is 1.58. The van der Waals surface area contributed by atoms with E-state index in [9.17, 15) is 0 Å². The molecule has 0 amide bonds. The van der Waals surface area contributed by atoms with Gasteiger partial charge in [0.25, 0.3) is 0 Å². The van der Waals surface area contributed by atoms with Gasteiger partial charge in [-0.25, -0.2) is 14.8 Å². The van der Waals surface area contributed by atoms with Crippen LogP contribution in [0.5, 0.6) is 0 Å². The highest BCUT2D eigenvalue weighted by atomic mass is 15.1. The highest BCUT2D eigenvalue weighted by Gasteiger charge is 2.21. The summed E-state index contributed by atoms with van der Waals surface area (Å²) < 4.78 is 2.19. The maximum Gasteiger partial charge on any atom is 0.187 e. The maximum atomic E-state index is 7.29. The molecule has 0 N–H and O–H groups in total. The molecule has 1 saturated heterocycles. The Bertz CT molecular complexity index is 1300. The van der Waals surface area contributed by atoms with E-state index >= 15 is 0 Å². The summed E-state index contributed by atoms with van der Waals surface area (Å²) >= 11 is 0. The minimum absolute atomic E-state index is 0.639. The van der Waals surface area contributed by atoms with Crippen molar-refractivity contribution in [1.29, 1.82) is 0 Å². The summed E-state index contributed by atoms with van der Waals surface area (Å²) in [6.45, 7) is 10.6. The van der Waals surface area contributed by atoms with Gasteiger partial charge in [0.15, 0.2) is 11.3 Å². The average Bonchev–Trinajstić information content (AvgIpc) is 3.49. The summed E-state index contributed by atoms with van der Waals surface area (Å²) in [5, 5.41) is 0. The van der Waals surface area contributed by atoms with E-state index in [0.717, 1.165) is 46.7 Å². The second-order valence-corrected chi connectivity index (χ2v) is 9.07. The van der Waals surface area contributed by atoms with Gasteiger partial charge in [0.2, 0.25) is 0 Å². The standard InChI is InChI=1S/C28H29N5/c1-20-9-11-22(12-10-20)27-26(21-13-15-23(29-2)16-14-21)31-25(28-30-17-19-33(27)28)8-4-6-24-7-5-18-32(24)3/h9-17,19,24H,4-8,18H2,1,3H3. The predicted octanol–water partition coefficient (Wildman–Crippen LogP) is 6.34. The number of hydrogen-bond donors (Lipinski definition) is 0. The lowest BCUT2D eigenvalue weighted by molar-refractivity contribution is 0.292. The van der Waals surface area contributed by atoms with Crippen molar-refractivity contribution in [1.82, 2.24) is 19.3 Å². The van der Waals surface area contributed by atoms with E-state index in [-0.39, 0.29) is 0 Å². The van der Waals surface area contributed by atoms with E-state index < -0.39 is 0 Å². The SMILES string of the molecule is [C-]#[N+]c1ccc(-c2nc(CCCC3CCCN3C)c3nccn3c2-c2ccc(C)cc2)cc1. The molecule has 0 aliphatic carbocycles. The van der Waals surface area contributed by atoms with Gasteiger partial charge in [-0.05, 0) is 58.2 Å². The molecular weight excluding hydrogens is 406 g/mol. The molecule has 1 unspecified atom stereocenters. The van der Waals surface area contributed by atoms with Crippen molar-refractivity contribution in [3.8, 4) is 22.5 Å². The number of aromatic nitrogens is 3. The van der Waals surface area contributed by atoms with Crippen LogP contribution in [0.2, 0.25) is 0 Å². The van der Waals surface area contributed by atoms with Gasteiger partial charge in [-0.1, -0.05) is 54.1 Å². The van der Waals surface area contributed by atoms with Crippen LogP contribution in [0.25, 0.3) is 33.0 Å². The molecule has 0 saturated carbocycles. The smallest absolute Gasteiger partial charge is 0.187 e. The first kappa shape index (κ1) is 21.4. The van der Waals surface area contributed by atoms with Crippen molar-refractivity contribution in [3.63, 3.8) is 0 Å². The van der Waals surface area contributed by atoms with Crippen molar-refractivity contribution in [2.45, 2.75) is 45.1 Å². The van der Waals surface area contributed by atoms with Gasteiger partial charge in [-0.2, -0.15) is 0 Å². The molecule has 0 radical (unpaired) electrons. The molecule has 1 fully saturated rings. The molecule has 1 aliphatic rings. The zero-order valence-corrected chi connectivity index (χ0v) is 19.3. The molecule has 0 spiro atoms. The first-order valence-corrected chi connectivity index (χ1v) is 11.7. The number of likely N-dealkylation sites (tertiary alicyclic amines) is 1. The molecule has 5 nitrogen and oxygen atoms in total. The Morgan fingerprint density at radius 1 is 1.06 bits per heavy atom. The molecule has 4 aromatic rings. The van der Waals surface area contributed by atoms with E-state index in [2.05, 4.69) is 52.4 Å². The van der Waals surface area contributed by atoms with Gasteiger partial charge in [0.1, 0.15) is 0 Å². The number of benzene rings is 2. The van der Waals surface area contributed by atoms with Crippen molar-refractivity contribution in [3.05, 3.63) is 83.6 Å². The number of hydrogen-bond acceptors (Lipinski definition) is 3. The molecule has 33 heavy (non-hydrogen) atoms. The average molecular weight is 436 g/mol. The van der Waals surface area contributed by atoms with Gasteiger partial charge in [-0.3, -0.25) is 4.40 Å². The zero-order valence-electron chi connectivity index (χ0n) is 19.3. The van der Waals surface area contributed by atoms with Gasteiger partial charge in [0.05, 0.1) is 23.7 Å². The van der Waals surface area contributed by atoms with Crippen molar-refractivity contribution >= 4 is 11.3 Å². The number of aryl methyl sites for hydroxylation is 2. The van der Waals surface area contributed by atoms with Crippen LogP contribution in [0.3, 0.4) is 0 Å². The van der Waals surface area contributed by atoms with E-state index in [0.29, 0.717) is 11.7 Å². The lowest BCUT2D eigenvalue weighted by Crippen LogP contribution is -2.24. The molecule has 2 aromatic heterocycles. The third-order valence-corrected chi connectivity index (χ3v) is 6.83. The van der Waals surface area contributed by atoms with Crippen LogP contribution >= 0.6 is 0 Å². The van der Waals surface area contributed by atoms with Crippen LogP contribution in [0.1, 0.15) is 36.9 Å². The molecule has 3 heterocycles. The highest BCUT2D eigenvalue weighted by molar-refractivity contribution is 5.81. The second-order valence-electron chi connectivity index (χ2n) is 9.07. The van der Waals surface area contributed by atoms with Gasteiger partial charge >= 0.3 is 0 Å². The minimum Gasteiger partial charge on any atom is -0.303 e. The number of imidazole rings is 1. The van der Waals surface area contributed by atoms with Gasteiger partial charge in [-0.15, -0.1) is 0 Å². The first-order chi connectivity index (χ1) is 16.1. The van der Waals surface area contributed by atoms with Crippen LogP contribution in [-0.4, -0.2) is 38.9 Å². The summed E-state index contributed by atoms with van der Waals surface area (Å²) in [6, 6.07) is 17.0. The number of nitrogens with zero attached hydrogens (tertiary/aromatic N) is 5. The Labute approximate surface area is 195 Å². The summed E-state index contributed by atoms with van der Waals surface area (Å²) in [6.07, 6.45) is 9.72. The molecule has 5 heteroatoms. The molecule has 1 atom stereocenters. The molecule has 166 valence electrons. The largest absolute Gasteiger partial charge is 0.303 e. The van der Waals surface area contributed by atoms with Crippen LogP contribution < -0.4 is 0 Å². The monoisotopic (exact) mass is 435 g/mol. The second kappa shape index (κ2) is 9.17. The van der Waals surface area contributed by atoms with E-state index in [1.807, 2.05) is 36.7 Å². The fourth-order valence-electron chi connectivity index (χ4n) is 4.95. The minimum atomic E-state index is 0.639. The number of rotatable bonds is 6. The molecule has 0 bridgehead atoms. The Morgan fingerprint density at radius 3 is 2.52 bits per heavy atom. The normalized spacial score (nSPS) is 16.3. The van der Waals surface area contributed by atoms with E-state index in [4.69, 9.17) is 16.5 Å². The Morgan fingerprint density at radius 2 is 1.82 bits per heavy atom.